The summed E-state index contributed by atoms with van der Waals surface area (Å²) in [4.78, 5) is 40.0. The lowest BCUT2D eigenvalue weighted by Gasteiger charge is -2.24. The van der Waals surface area contributed by atoms with Crippen LogP contribution >= 0.6 is 11.6 Å². The zero-order chi connectivity index (χ0) is 36.7. The summed E-state index contributed by atoms with van der Waals surface area (Å²) in [7, 11) is 0. The number of halogens is 1. The summed E-state index contributed by atoms with van der Waals surface area (Å²) >= 11 is 6.30. The van der Waals surface area contributed by atoms with Gasteiger partial charge in [0.05, 0.1) is 46.3 Å². The molecule has 8 rings (SSSR count). The lowest BCUT2D eigenvalue weighted by Crippen LogP contribution is -2.22. The van der Waals surface area contributed by atoms with Crippen molar-refractivity contribution in [3.63, 3.8) is 0 Å². The van der Waals surface area contributed by atoms with Crippen LogP contribution in [0.3, 0.4) is 0 Å². The van der Waals surface area contributed by atoms with Gasteiger partial charge < -0.3 is 28.9 Å². The van der Waals surface area contributed by atoms with Gasteiger partial charge in [0.25, 0.3) is 11.1 Å². The molecule has 0 amide bonds. The van der Waals surface area contributed by atoms with E-state index >= 15 is 0 Å². The maximum Gasteiger partial charge on any atom is 0.270 e. The summed E-state index contributed by atoms with van der Waals surface area (Å²) < 4.78 is 26.6. The van der Waals surface area contributed by atoms with E-state index in [1.165, 1.54) is 0 Å². The van der Waals surface area contributed by atoms with Crippen LogP contribution in [0.2, 0.25) is 5.02 Å². The van der Waals surface area contributed by atoms with E-state index in [1.807, 2.05) is 15.6 Å². The third kappa shape index (κ3) is 8.51. The Bertz CT molecular complexity index is 1930. The topological polar surface area (TPSA) is 164 Å². The molecule has 53 heavy (non-hydrogen) atoms. The number of hydrogen-bond donors (Lipinski definition) is 2. The number of H-pyrrole nitrogens is 2. The van der Waals surface area contributed by atoms with E-state index < -0.39 is 0 Å². The second kappa shape index (κ2) is 17.6. The van der Waals surface area contributed by atoms with E-state index in [4.69, 9.17) is 40.5 Å². The van der Waals surface area contributed by atoms with Gasteiger partial charge in [0.15, 0.2) is 0 Å². The summed E-state index contributed by atoms with van der Waals surface area (Å²) in [5.74, 6) is 1.57. The van der Waals surface area contributed by atoms with Gasteiger partial charge in [-0.15, -0.1) is 0 Å². The smallest absolute Gasteiger partial charge is 0.270 e. The number of hydrogen-bond acceptors (Lipinski definition) is 10. The number of rotatable bonds is 8. The van der Waals surface area contributed by atoms with Crippen molar-refractivity contribution >= 4 is 11.6 Å². The fraction of sp³-hybridized carbons (Fsp3) is 0.632. The highest BCUT2D eigenvalue weighted by atomic mass is 35.5. The minimum Gasteiger partial charge on any atom is -0.381 e. The average Bonchev–Trinajstić information content (AvgIpc) is 3.85. The molecule has 0 saturated carbocycles. The second-order valence-electron chi connectivity index (χ2n) is 14.2. The predicted octanol–water partition coefficient (Wildman–Crippen LogP) is 6.23. The molecule has 2 N–H and O–H groups in total. The zero-order valence-corrected chi connectivity index (χ0v) is 31.5. The predicted molar refractivity (Wildman–Crippen MR) is 199 cm³/mol. The summed E-state index contributed by atoms with van der Waals surface area (Å²) in [6, 6.07) is 1.62. The molecule has 14 nitrogen and oxygen atoms in total. The monoisotopic (exact) mass is 750 g/mol. The molecule has 4 aliphatic heterocycles. The van der Waals surface area contributed by atoms with Gasteiger partial charge in [0.2, 0.25) is 0 Å². The first kappa shape index (κ1) is 37.6. The third-order valence-electron chi connectivity index (χ3n) is 10.7. The van der Waals surface area contributed by atoms with Crippen molar-refractivity contribution in [3.05, 3.63) is 67.0 Å². The molecule has 4 saturated heterocycles. The molecular weight excluding hydrogens is 700 g/mol. The van der Waals surface area contributed by atoms with Crippen LogP contribution in [0.15, 0.2) is 28.0 Å². The highest BCUT2D eigenvalue weighted by Crippen LogP contribution is 2.33. The molecule has 4 fully saturated rings. The van der Waals surface area contributed by atoms with Crippen LogP contribution in [0, 0.1) is 0 Å². The molecule has 8 heterocycles. The Kier molecular flexibility index (Phi) is 12.5. The van der Waals surface area contributed by atoms with E-state index in [0.29, 0.717) is 30.6 Å². The molecule has 0 aromatic carbocycles. The zero-order valence-electron chi connectivity index (χ0n) is 30.8. The fourth-order valence-electron chi connectivity index (χ4n) is 7.86. The van der Waals surface area contributed by atoms with Crippen molar-refractivity contribution in [2.75, 3.05) is 39.6 Å². The molecule has 0 radical (unpaired) electrons. The van der Waals surface area contributed by atoms with Crippen LogP contribution in [-0.4, -0.2) is 79.1 Å². The van der Waals surface area contributed by atoms with E-state index in [2.05, 4.69) is 34.0 Å². The molecule has 4 aromatic heterocycles. The molecular formula is C38H51ClN8O6. The Labute approximate surface area is 314 Å². The van der Waals surface area contributed by atoms with Crippen LogP contribution in [0.4, 0.5) is 0 Å². The maximum absolute atomic E-state index is 12.5. The number of nitrogens with one attached hydrogen (secondary N) is 2. The van der Waals surface area contributed by atoms with Crippen molar-refractivity contribution in [2.45, 2.75) is 115 Å². The second-order valence-corrected chi connectivity index (χ2v) is 14.5. The summed E-state index contributed by atoms with van der Waals surface area (Å²) in [5.41, 5.74) is 4.93. The van der Waals surface area contributed by atoms with Gasteiger partial charge >= 0.3 is 0 Å². The van der Waals surface area contributed by atoms with Gasteiger partial charge in [-0.3, -0.25) is 9.59 Å². The lowest BCUT2D eigenvalue weighted by atomic mass is 9.96. The molecule has 286 valence electrons. The van der Waals surface area contributed by atoms with Gasteiger partial charge in [-0.2, -0.15) is 10.2 Å². The molecule has 0 bridgehead atoms. The van der Waals surface area contributed by atoms with Crippen molar-refractivity contribution in [3.8, 4) is 22.8 Å². The van der Waals surface area contributed by atoms with E-state index in [9.17, 15) is 9.59 Å². The Morgan fingerprint density at radius 2 is 1.23 bits per heavy atom. The molecule has 4 aliphatic rings. The van der Waals surface area contributed by atoms with E-state index in [0.717, 1.165) is 132 Å². The summed E-state index contributed by atoms with van der Waals surface area (Å²) in [6.45, 7) is 8.50. The number of aromatic amines is 2. The quantitative estimate of drug-likeness (QED) is 0.211. The third-order valence-corrected chi connectivity index (χ3v) is 11.1. The van der Waals surface area contributed by atoms with E-state index in [1.54, 1.807) is 12.3 Å². The van der Waals surface area contributed by atoms with Crippen molar-refractivity contribution < 1.29 is 18.9 Å². The van der Waals surface area contributed by atoms with Gasteiger partial charge in [-0.05, 0) is 77.0 Å². The SMILES string of the molecule is CCc1c(-c2nc(C3CCOCC3)c(Cl)c(=O)[nH]2)cnn1C1CCCCO1.CCc1c(-c2nc(C3CCOCC3)cc(=O)[nH]2)cnn1C1CCCCO1. The minimum absolute atomic E-state index is 0.0159. The number of aromatic nitrogens is 8. The first-order valence-electron chi connectivity index (χ1n) is 19.4. The highest BCUT2D eigenvalue weighted by molar-refractivity contribution is 6.31. The van der Waals surface area contributed by atoms with Crippen LogP contribution in [0.5, 0.6) is 0 Å². The van der Waals surface area contributed by atoms with Gasteiger partial charge in [0, 0.05) is 57.5 Å². The first-order valence-corrected chi connectivity index (χ1v) is 19.8. The highest BCUT2D eigenvalue weighted by Gasteiger charge is 2.27. The first-order chi connectivity index (χ1) is 25.9. The van der Waals surface area contributed by atoms with Crippen LogP contribution in [0.25, 0.3) is 22.8 Å². The standard InChI is InChI=1S/C19H25ClN4O3.C19H26N4O3/c1-2-14-13(11-21-24(14)15-5-3-4-8-27-15)18-22-17(16(20)19(25)23-18)12-6-9-26-10-7-12;1-2-16-14(12-20-23(16)18-5-3-4-8-26-18)19-21-15(11-17(24)22-19)13-6-9-25-10-7-13/h11-12,15H,2-10H2,1H3,(H,22,23,25);11-13,18H,2-10H2,1H3,(H,21,22,24). The molecule has 2 unspecified atom stereocenters. The van der Waals surface area contributed by atoms with Crippen LogP contribution in [-0.2, 0) is 31.8 Å². The van der Waals surface area contributed by atoms with Gasteiger partial charge in [-0.25, -0.2) is 19.3 Å². The number of nitrogens with zero attached hydrogens (tertiary/aromatic N) is 6. The average molecular weight is 751 g/mol. The number of ether oxygens (including phenoxy) is 4. The molecule has 15 heteroatoms. The van der Waals surface area contributed by atoms with Gasteiger partial charge in [0.1, 0.15) is 29.1 Å². The molecule has 0 aliphatic carbocycles. The van der Waals surface area contributed by atoms with Crippen LogP contribution < -0.4 is 11.1 Å². The normalized spacial score (nSPS) is 21.6. The van der Waals surface area contributed by atoms with Crippen LogP contribution in [0.1, 0.15) is 125 Å². The minimum atomic E-state index is -0.299. The molecule has 0 spiro atoms. The largest absolute Gasteiger partial charge is 0.381 e. The summed E-state index contributed by atoms with van der Waals surface area (Å²) in [5, 5.41) is 9.31. The maximum atomic E-state index is 12.5. The Morgan fingerprint density at radius 3 is 1.74 bits per heavy atom. The lowest BCUT2D eigenvalue weighted by molar-refractivity contribution is -0.0410. The Balaban J connectivity index is 0.000000164. The van der Waals surface area contributed by atoms with Crippen molar-refractivity contribution in [1.82, 2.24) is 39.5 Å². The van der Waals surface area contributed by atoms with Crippen molar-refractivity contribution in [1.29, 1.82) is 0 Å². The van der Waals surface area contributed by atoms with E-state index in [-0.39, 0.29) is 40.4 Å². The Hall–Kier alpha value is -3.69. The molecule has 2 atom stereocenters. The van der Waals surface area contributed by atoms with Gasteiger partial charge in [-0.1, -0.05) is 25.4 Å². The molecule has 4 aromatic rings. The summed E-state index contributed by atoms with van der Waals surface area (Å²) in [6.07, 6.45) is 15.0. The fourth-order valence-corrected chi connectivity index (χ4v) is 8.10. The van der Waals surface area contributed by atoms with Crippen molar-refractivity contribution in [2.24, 2.45) is 0 Å². The Morgan fingerprint density at radius 1 is 0.698 bits per heavy atom.